The van der Waals surface area contributed by atoms with Crippen molar-refractivity contribution in [1.29, 1.82) is 0 Å². The van der Waals surface area contributed by atoms with E-state index in [2.05, 4.69) is 4.99 Å². The van der Waals surface area contributed by atoms with E-state index in [1.807, 2.05) is 0 Å². The van der Waals surface area contributed by atoms with Crippen molar-refractivity contribution in [3.05, 3.63) is 42.0 Å². The number of ether oxygens (including phenoxy) is 3. The van der Waals surface area contributed by atoms with Crippen LogP contribution in [0.1, 0.15) is 5.56 Å². The molecule has 0 aromatic heterocycles. The summed E-state index contributed by atoms with van der Waals surface area (Å²) in [5, 5.41) is 9.82. The molecule has 1 N–H and O–H groups in total. The van der Waals surface area contributed by atoms with Crippen molar-refractivity contribution >= 4 is 11.9 Å². The predicted octanol–water partition coefficient (Wildman–Crippen LogP) is 3.17. The highest BCUT2D eigenvalue weighted by Crippen LogP contribution is 2.31. The topological polar surface area (TPSA) is 60.3 Å². The van der Waals surface area contributed by atoms with Crippen molar-refractivity contribution in [1.82, 2.24) is 0 Å². The molecule has 2 aromatic rings. The lowest BCUT2D eigenvalue weighted by atomic mass is 10.2. The summed E-state index contributed by atoms with van der Waals surface area (Å²) in [5.41, 5.74) is 1.20. The molecule has 2 aromatic carbocycles. The van der Waals surface area contributed by atoms with Gasteiger partial charge in [0.05, 0.1) is 21.3 Å². The summed E-state index contributed by atoms with van der Waals surface area (Å²) in [5.74, 6) is 2.06. The van der Waals surface area contributed by atoms with Crippen molar-refractivity contribution in [3.63, 3.8) is 0 Å². The summed E-state index contributed by atoms with van der Waals surface area (Å²) in [6.45, 7) is 0. The van der Waals surface area contributed by atoms with Gasteiger partial charge in [-0.05, 0) is 30.3 Å². The zero-order chi connectivity index (χ0) is 15.2. The number of nitrogens with zero attached hydrogens (tertiary/aromatic N) is 1. The van der Waals surface area contributed by atoms with Crippen LogP contribution in [0.25, 0.3) is 0 Å². The number of hydrogen-bond donors (Lipinski definition) is 1. The second-order valence-corrected chi connectivity index (χ2v) is 4.22. The molecule has 0 atom stereocenters. The minimum atomic E-state index is 0.132. The molecule has 5 heteroatoms. The third kappa shape index (κ3) is 3.45. The van der Waals surface area contributed by atoms with E-state index in [1.54, 1.807) is 63.9 Å². The van der Waals surface area contributed by atoms with Crippen molar-refractivity contribution in [2.24, 2.45) is 4.99 Å². The van der Waals surface area contributed by atoms with Crippen LogP contribution in [0.4, 0.5) is 5.69 Å². The maximum Gasteiger partial charge on any atom is 0.148 e. The van der Waals surface area contributed by atoms with Gasteiger partial charge in [0.2, 0.25) is 0 Å². The van der Waals surface area contributed by atoms with E-state index in [-0.39, 0.29) is 5.75 Å². The predicted molar refractivity (Wildman–Crippen MR) is 81.5 cm³/mol. The molecule has 0 aliphatic heterocycles. The zero-order valence-corrected chi connectivity index (χ0v) is 12.2. The minimum absolute atomic E-state index is 0.132. The Morgan fingerprint density at radius 3 is 2.24 bits per heavy atom. The van der Waals surface area contributed by atoms with E-state index < -0.39 is 0 Å². The van der Waals surface area contributed by atoms with Crippen LogP contribution in [0, 0.1) is 0 Å². The molecule has 0 aliphatic carbocycles. The maximum atomic E-state index is 9.82. The Morgan fingerprint density at radius 1 is 0.905 bits per heavy atom. The summed E-state index contributed by atoms with van der Waals surface area (Å²) in [7, 11) is 4.72. The van der Waals surface area contributed by atoms with Gasteiger partial charge in [-0.1, -0.05) is 0 Å². The van der Waals surface area contributed by atoms with Gasteiger partial charge in [0.15, 0.2) is 0 Å². The van der Waals surface area contributed by atoms with Gasteiger partial charge < -0.3 is 19.3 Å². The highest BCUT2D eigenvalue weighted by atomic mass is 16.5. The molecule has 0 spiro atoms. The molecule has 5 nitrogen and oxygen atoms in total. The van der Waals surface area contributed by atoms with Crippen LogP contribution >= 0.6 is 0 Å². The average molecular weight is 287 g/mol. The van der Waals surface area contributed by atoms with Crippen molar-refractivity contribution < 1.29 is 19.3 Å². The van der Waals surface area contributed by atoms with Crippen LogP contribution in [0.5, 0.6) is 23.0 Å². The Balaban J connectivity index is 2.33. The largest absolute Gasteiger partial charge is 0.507 e. The number of hydrogen-bond acceptors (Lipinski definition) is 5. The number of benzene rings is 2. The monoisotopic (exact) mass is 287 g/mol. The van der Waals surface area contributed by atoms with Gasteiger partial charge in [0.1, 0.15) is 28.7 Å². The molecule has 21 heavy (non-hydrogen) atoms. The summed E-state index contributed by atoms with van der Waals surface area (Å²) in [4.78, 5) is 4.34. The smallest absolute Gasteiger partial charge is 0.148 e. The fourth-order valence-corrected chi connectivity index (χ4v) is 1.79. The summed E-state index contributed by atoms with van der Waals surface area (Å²) >= 11 is 0. The fourth-order valence-electron chi connectivity index (χ4n) is 1.79. The SMILES string of the molecule is COc1ccc(O)c(C=Nc2ccc(OC)cc2OC)c1. The lowest BCUT2D eigenvalue weighted by Gasteiger charge is -2.07. The summed E-state index contributed by atoms with van der Waals surface area (Å²) in [6.07, 6.45) is 1.56. The van der Waals surface area contributed by atoms with Crippen LogP contribution in [0.3, 0.4) is 0 Å². The van der Waals surface area contributed by atoms with Crippen LogP contribution in [0.2, 0.25) is 0 Å². The molecule has 0 amide bonds. The van der Waals surface area contributed by atoms with Crippen LogP contribution < -0.4 is 14.2 Å². The number of phenolic OH excluding ortho intramolecular Hbond substituents is 1. The van der Waals surface area contributed by atoms with Gasteiger partial charge in [-0.3, -0.25) is 4.99 Å². The first kappa shape index (κ1) is 14.7. The lowest BCUT2D eigenvalue weighted by molar-refractivity contribution is 0.395. The van der Waals surface area contributed by atoms with Crippen molar-refractivity contribution in [2.45, 2.75) is 0 Å². The normalized spacial score (nSPS) is 10.6. The Hall–Kier alpha value is -2.69. The van der Waals surface area contributed by atoms with Crippen molar-refractivity contribution in [2.75, 3.05) is 21.3 Å². The van der Waals surface area contributed by atoms with E-state index in [0.29, 0.717) is 28.5 Å². The van der Waals surface area contributed by atoms with E-state index in [9.17, 15) is 5.11 Å². The number of aromatic hydroxyl groups is 1. The fraction of sp³-hybridized carbons (Fsp3) is 0.188. The summed E-state index contributed by atoms with van der Waals surface area (Å²) in [6, 6.07) is 10.3. The second kappa shape index (κ2) is 6.65. The first-order valence-electron chi connectivity index (χ1n) is 6.31. The molecule has 0 radical (unpaired) electrons. The quantitative estimate of drug-likeness (QED) is 0.858. The molecule has 0 unspecified atom stereocenters. The molecule has 2 rings (SSSR count). The lowest BCUT2D eigenvalue weighted by Crippen LogP contribution is -1.89. The number of phenols is 1. The van der Waals surface area contributed by atoms with Gasteiger partial charge in [-0.15, -0.1) is 0 Å². The second-order valence-electron chi connectivity index (χ2n) is 4.22. The maximum absolute atomic E-state index is 9.82. The third-order valence-corrected chi connectivity index (χ3v) is 2.96. The highest BCUT2D eigenvalue weighted by Gasteiger charge is 2.05. The van der Waals surface area contributed by atoms with Crippen molar-refractivity contribution in [3.8, 4) is 23.0 Å². The van der Waals surface area contributed by atoms with Gasteiger partial charge in [-0.2, -0.15) is 0 Å². The number of aliphatic imine (C=N–C) groups is 1. The number of rotatable bonds is 5. The first-order chi connectivity index (χ1) is 10.2. The van der Waals surface area contributed by atoms with Gasteiger partial charge in [0, 0.05) is 17.8 Å². The molecular formula is C16H17NO4. The first-order valence-corrected chi connectivity index (χ1v) is 6.31. The Bertz CT molecular complexity index is 653. The number of methoxy groups -OCH3 is 3. The molecule has 0 heterocycles. The van der Waals surface area contributed by atoms with E-state index in [1.165, 1.54) is 0 Å². The molecule has 110 valence electrons. The molecule has 0 saturated carbocycles. The van der Waals surface area contributed by atoms with E-state index >= 15 is 0 Å². The van der Waals surface area contributed by atoms with Gasteiger partial charge in [0.25, 0.3) is 0 Å². The molecule has 0 saturated heterocycles. The molecule has 0 aliphatic rings. The standard InChI is InChI=1S/C16H17NO4/c1-19-12-5-7-15(18)11(8-12)10-17-14-6-4-13(20-2)9-16(14)21-3/h4-10,18H,1-3H3. The van der Waals surface area contributed by atoms with Crippen LogP contribution in [0.15, 0.2) is 41.4 Å². The van der Waals surface area contributed by atoms with Crippen LogP contribution in [-0.4, -0.2) is 32.7 Å². The zero-order valence-electron chi connectivity index (χ0n) is 12.2. The van der Waals surface area contributed by atoms with E-state index in [4.69, 9.17) is 14.2 Å². The summed E-state index contributed by atoms with van der Waals surface area (Å²) < 4.78 is 15.5. The van der Waals surface area contributed by atoms with Gasteiger partial charge >= 0.3 is 0 Å². The third-order valence-electron chi connectivity index (χ3n) is 2.96. The van der Waals surface area contributed by atoms with E-state index in [0.717, 1.165) is 0 Å². The van der Waals surface area contributed by atoms with Gasteiger partial charge in [-0.25, -0.2) is 0 Å². The Morgan fingerprint density at radius 2 is 1.57 bits per heavy atom. The average Bonchev–Trinajstić information content (AvgIpc) is 2.54. The Labute approximate surface area is 123 Å². The Kier molecular flexibility index (Phi) is 4.66. The molecular weight excluding hydrogens is 270 g/mol. The molecule has 0 fully saturated rings. The highest BCUT2D eigenvalue weighted by molar-refractivity contribution is 5.86. The molecule has 0 bridgehead atoms. The minimum Gasteiger partial charge on any atom is -0.507 e. The van der Waals surface area contributed by atoms with Crippen LogP contribution in [-0.2, 0) is 0 Å².